The zero-order chi connectivity index (χ0) is 26.6. The molecule has 3 aromatic carbocycles. The van der Waals surface area contributed by atoms with Crippen molar-refractivity contribution in [1.82, 2.24) is 9.38 Å². The Morgan fingerprint density at radius 3 is 2.03 bits per heavy atom. The van der Waals surface area contributed by atoms with Gasteiger partial charge in [-0.15, -0.1) is 25.3 Å². The van der Waals surface area contributed by atoms with Gasteiger partial charge in [0.05, 0.1) is 30.8 Å². The SMILES string of the molecule is COc1ccc(C[N+](C)(C)c2ccc(S(=O)(=O)Nc3ccc(N4CCN(C(S)S)CC4)cc3)cc2)cc1. The predicted molar refractivity (Wildman–Crippen MR) is 160 cm³/mol. The quantitative estimate of drug-likeness (QED) is 0.204. The molecule has 0 saturated carbocycles. The van der Waals surface area contributed by atoms with Crippen molar-refractivity contribution in [1.29, 1.82) is 0 Å². The number of anilines is 2. The summed E-state index contributed by atoms with van der Waals surface area (Å²) in [6.45, 7) is 4.29. The number of ether oxygens (including phenoxy) is 1. The van der Waals surface area contributed by atoms with Crippen LogP contribution in [0.4, 0.5) is 17.1 Å². The summed E-state index contributed by atoms with van der Waals surface area (Å²) in [6.07, 6.45) is 0. The molecule has 37 heavy (non-hydrogen) atoms. The Morgan fingerprint density at radius 1 is 0.892 bits per heavy atom. The van der Waals surface area contributed by atoms with Gasteiger partial charge in [0, 0.05) is 55.2 Å². The monoisotopic (exact) mass is 559 g/mol. The maximum absolute atomic E-state index is 13.0. The molecule has 1 fully saturated rings. The normalized spacial score (nSPS) is 15.1. The van der Waals surface area contributed by atoms with E-state index >= 15 is 0 Å². The van der Waals surface area contributed by atoms with Crippen molar-refractivity contribution >= 4 is 52.3 Å². The first kappa shape index (κ1) is 27.7. The van der Waals surface area contributed by atoms with Crippen LogP contribution >= 0.6 is 25.3 Å². The van der Waals surface area contributed by atoms with Crippen LogP contribution in [-0.2, 0) is 16.6 Å². The lowest BCUT2D eigenvalue weighted by Gasteiger charge is -2.37. The summed E-state index contributed by atoms with van der Waals surface area (Å²) in [5, 5.41) is 0. The molecule has 0 radical (unpaired) electrons. The van der Waals surface area contributed by atoms with E-state index in [0.717, 1.165) is 49.8 Å². The second-order valence-corrected chi connectivity index (χ2v) is 12.8. The van der Waals surface area contributed by atoms with Crippen LogP contribution in [-0.4, -0.2) is 65.4 Å². The van der Waals surface area contributed by atoms with Crippen LogP contribution in [0.1, 0.15) is 5.56 Å². The molecule has 198 valence electrons. The van der Waals surface area contributed by atoms with Gasteiger partial charge in [0.25, 0.3) is 10.0 Å². The molecular weight excluding hydrogens is 525 g/mol. The summed E-state index contributed by atoms with van der Waals surface area (Å²) in [5.74, 6) is 0.824. The van der Waals surface area contributed by atoms with E-state index in [4.69, 9.17) is 4.74 Å². The third-order valence-corrected chi connectivity index (χ3v) is 8.76. The van der Waals surface area contributed by atoms with Crippen molar-refractivity contribution in [2.45, 2.75) is 16.1 Å². The van der Waals surface area contributed by atoms with Crippen molar-refractivity contribution in [2.75, 3.05) is 57.0 Å². The smallest absolute Gasteiger partial charge is 0.261 e. The van der Waals surface area contributed by atoms with Gasteiger partial charge in [-0.05, 0) is 60.7 Å². The van der Waals surface area contributed by atoms with E-state index in [2.05, 4.69) is 53.9 Å². The molecule has 0 spiro atoms. The van der Waals surface area contributed by atoms with Crippen molar-refractivity contribution < 1.29 is 13.2 Å². The van der Waals surface area contributed by atoms with Crippen LogP contribution in [0, 0.1) is 0 Å². The highest BCUT2D eigenvalue weighted by molar-refractivity contribution is 7.99. The molecule has 0 atom stereocenters. The number of benzene rings is 3. The Morgan fingerprint density at radius 2 is 1.49 bits per heavy atom. The number of hydrogen-bond donors (Lipinski definition) is 3. The number of methoxy groups -OCH3 is 1. The Kier molecular flexibility index (Phi) is 8.65. The van der Waals surface area contributed by atoms with Gasteiger partial charge in [0.1, 0.15) is 18.0 Å². The maximum atomic E-state index is 13.0. The summed E-state index contributed by atoms with van der Waals surface area (Å²) < 4.78 is 34.6. The first-order valence-corrected chi connectivity index (χ1v) is 14.6. The highest BCUT2D eigenvalue weighted by Gasteiger charge is 2.23. The van der Waals surface area contributed by atoms with E-state index in [1.807, 2.05) is 60.7 Å². The van der Waals surface area contributed by atoms with Gasteiger partial charge in [-0.3, -0.25) is 14.1 Å². The van der Waals surface area contributed by atoms with E-state index < -0.39 is 10.0 Å². The molecular formula is C27H35N4O3S3+. The highest BCUT2D eigenvalue weighted by atomic mass is 32.2. The van der Waals surface area contributed by atoms with Gasteiger partial charge < -0.3 is 9.64 Å². The molecule has 0 unspecified atom stereocenters. The minimum absolute atomic E-state index is 0.0495. The minimum atomic E-state index is -3.70. The summed E-state index contributed by atoms with van der Waals surface area (Å²) in [7, 11) is 2.15. The summed E-state index contributed by atoms with van der Waals surface area (Å²) >= 11 is 8.78. The molecule has 1 N–H and O–H groups in total. The van der Waals surface area contributed by atoms with Crippen LogP contribution in [0.2, 0.25) is 0 Å². The second-order valence-electron chi connectivity index (χ2n) is 9.71. The van der Waals surface area contributed by atoms with Crippen LogP contribution in [0.5, 0.6) is 5.75 Å². The number of hydrogen-bond acceptors (Lipinski definition) is 7. The predicted octanol–water partition coefficient (Wildman–Crippen LogP) is 4.53. The molecule has 4 rings (SSSR count). The fourth-order valence-electron chi connectivity index (χ4n) is 4.47. The van der Waals surface area contributed by atoms with Crippen LogP contribution in [0.25, 0.3) is 0 Å². The maximum Gasteiger partial charge on any atom is 0.261 e. The standard InChI is InChI=1S/C27H34N4O3S3/c1-31(2,20-21-4-12-25(34-3)13-5-21)24-10-14-26(15-11-24)37(32,33)28-22-6-8-23(9-7-22)29-16-18-30(19-17-29)27(35)36/h4-15,27-28H,16-20H2,1-3H3,(H-,35,36)/p+1. The third kappa shape index (κ3) is 6.94. The van der Waals surface area contributed by atoms with Crippen molar-refractivity contribution in [3.8, 4) is 5.75 Å². The van der Waals surface area contributed by atoms with E-state index in [1.54, 1.807) is 19.2 Å². The molecule has 7 nitrogen and oxygen atoms in total. The average Bonchev–Trinajstić information content (AvgIpc) is 2.89. The van der Waals surface area contributed by atoms with Crippen LogP contribution in [0.3, 0.4) is 0 Å². The molecule has 3 aromatic rings. The van der Waals surface area contributed by atoms with Gasteiger partial charge >= 0.3 is 0 Å². The van der Waals surface area contributed by atoms with Gasteiger partial charge in [-0.1, -0.05) is 0 Å². The Hall–Kier alpha value is -2.37. The molecule has 0 aromatic heterocycles. The largest absolute Gasteiger partial charge is 0.497 e. The topological polar surface area (TPSA) is 61.9 Å². The Labute approximate surface area is 231 Å². The first-order chi connectivity index (χ1) is 17.6. The van der Waals surface area contributed by atoms with Gasteiger partial charge in [0.2, 0.25) is 0 Å². The number of piperazine rings is 1. The number of quaternary nitrogens is 1. The molecule has 1 aliphatic rings. The van der Waals surface area contributed by atoms with Crippen LogP contribution in [0.15, 0.2) is 77.7 Å². The number of nitrogens with zero attached hydrogens (tertiary/aromatic N) is 3. The lowest BCUT2D eigenvalue weighted by molar-refractivity contribution is 0.287. The van der Waals surface area contributed by atoms with Crippen molar-refractivity contribution in [3.05, 3.63) is 78.4 Å². The van der Waals surface area contributed by atoms with Crippen molar-refractivity contribution in [3.63, 3.8) is 0 Å². The molecule has 0 amide bonds. The molecule has 0 bridgehead atoms. The van der Waals surface area contributed by atoms with Crippen molar-refractivity contribution in [2.24, 2.45) is 0 Å². The number of rotatable bonds is 9. The van der Waals surface area contributed by atoms with E-state index in [-0.39, 0.29) is 9.60 Å². The fourth-order valence-corrected chi connectivity index (χ4v) is 5.99. The third-order valence-electron chi connectivity index (χ3n) is 6.71. The average molecular weight is 560 g/mol. The number of nitrogens with one attached hydrogen (secondary N) is 1. The highest BCUT2D eigenvalue weighted by Crippen LogP contribution is 2.27. The lowest BCUT2D eigenvalue weighted by Crippen LogP contribution is -2.47. The summed E-state index contributed by atoms with van der Waals surface area (Å²) in [4.78, 5) is 4.72. The summed E-state index contributed by atoms with van der Waals surface area (Å²) in [5.41, 5.74) is 3.79. The van der Waals surface area contributed by atoms with E-state index in [9.17, 15) is 8.42 Å². The Bertz CT molecular complexity index is 1270. The number of sulfonamides is 1. The molecule has 1 aliphatic heterocycles. The van der Waals surface area contributed by atoms with E-state index in [0.29, 0.717) is 10.2 Å². The zero-order valence-corrected chi connectivity index (χ0v) is 24.0. The van der Waals surface area contributed by atoms with Gasteiger partial charge in [-0.25, -0.2) is 8.42 Å². The Balaban J connectivity index is 1.39. The molecule has 0 aliphatic carbocycles. The lowest BCUT2D eigenvalue weighted by atomic mass is 10.1. The van der Waals surface area contributed by atoms with E-state index in [1.165, 1.54) is 5.56 Å². The zero-order valence-electron chi connectivity index (χ0n) is 21.4. The second kappa shape index (κ2) is 11.6. The fraction of sp³-hybridized carbons (Fsp3) is 0.333. The van der Waals surface area contributed by atoms with Crippen LogP contribution < -0.4 is 18.8 Å². The first-order valence-electron chi connectivity index (χ1n) is 12.1. The minimum Gasteiger partial charge on any atom is -0.497 e. The molecule has 1 saturated heterocycles. The van der Waals surface area contributed by atoms with Gasteiger partial charge in [-0.2, -0.15) is 0 Å². The number of thiol groups is 2. The van der Waals surface area contributed by atoms with Gasteiger partial charge in [0.15, 0.2) is 0 Å². The molecule has 1 heterocycles. The summed E-state index contributed by atoms with van der Waals surface area (Å²) in [6, 6.07) is 22.6. The molecule has 10 heteroatoms.